The molecular formula is C46H67NO5Si2. The summed E-state index contributed by atoms with van der Waals surface area (Å²) < 4.78 is 19.4. The van der Waals surface area contributed by atoms with E-state index >= 15 is 0 Å². The number of carbonyl (C=O) groups is 2. The average molecular weight is 770 g/mol. The van der Waals surface area contributed by atoms with Gasteiger partial charge in [0, 0.05) is 25.2 Å². The third-order valence-corrected chi connectivity index (χ3v) is 21.6. The van der Waals surface area contributed by atoms with Crippen LogP contribution in [0.2, 0.25) is 23.2 Å². The Kier molecular flexibility index (Phi) is 15.3. The van der Waals surface area contributed by atoms with Crippen LogP contribution in [0.1, 0.15) is 99.0 Å². The summed E-state index contributed by atoms with van der Waals surface area (Å²) in [4.78, 5) is 26.5. The van der Waals surface area contributed by atoms with E-state index in [0.717, 1.165) is 31.2 Å². The SMILES string of the molecule is C[C@@H](CCO[Si](c1ccccc1)(c1ccccc1)C(C)(C)C)[C@H]1CCC[C@@]1(C/C=C/C(=O)CCCO[Si](C)(C)C(C)(C)C)NC(=O)OCc1ccccc1. The predicted octanol–water partition coefficient (Wildman–Crippen LogP) is 10.4. The van der Waals surface area contributed by atoms with Gasteiger partial charge in [0.25, 0.3) is 8.32 Å². The van der Waals surface area contributed by atoms with Gasteiger partial charge in [0.1, 0.15) is 6.61 Å². The molecule has 1 aliphatic carbocycles. The molecule has 4 rings (SSSR count). The molecule has 0 aromatic heterocycles. The second-order valence-corrected chi connectivity index (χ2v) is 27.0. The number of nitrogens with one attached hydrogen (secondary N) is 1. The van der Waals surface area contributed by atoms with Crippen LogP contribution in [-0.2, 0) is 25.0 Å². The summed E-state index contributed by atoms with van der Waals surface area (Å²) in [6, 6.07) is 31.3. The van der Waals surface area contributed by atoms with E-state index in [1.54, 1.807) is 6.08 Å². The molecule has 294 valence electrons. The maximum atomic E-state index is 13.5. The van der Waals surface area contributed by atoms with E-state index < -0.39 is 28.3 Å². The molecule has 0 saturated heterocycles. The van der Waals surface area contributed by atoms with E-state index in [1.807, 2.05) is 36.4 Å². The number of hydrogen-bond acceptors (Lipinski definition) is 5. The Bertz CT molecular complexity index is 1590. The van der Waals surface area contributed by atoms with Crippen LogP contribution in [0.3, 0.4) is 0 Å². The van der Waals surface area contributed by atoms with Crippen molar-refractivity contribution in [1.82, 2.24) is 5.32 Å². The Morgan fingerprint density at radius 3 is 1.96 bits per heavy atom. The summed E-state index contributed by atoms with van der Waals surface area (Å²) in [6.45, 7) is 21.8. The van der Waals surface area contributed by atoms with Crippen molar-refractivity contribution in [2.45, 2.75) is 129 Å². The summed E-state index contributed by atoms with van der Waals surface area (Å²) in [5.74, 6) is 0.552. The van der Waals surface area contributed by atoms with Gasteiger partial charge in [-0.25, -0.2) is 4.79 Å². The van der Waals surface area contributed by atoms with Crippen LogP contribution in [0.5, 0.6) is 0 Å². The lowest BCUT2D eigenvalue weighted by Gasteiger charge is -2.44. The maximum Gasteiger partial charge on any atom is 0.407 e. The van der Waals surface area contributed by atoms with E-state index in [2.05, 4.69) is 128 Å². The Morgan fingerprint density at radius 1 is 0.833 bits per heavy atom. The van der Waals surface area contributed by atoms with Crippen LogP contribution >= 0.6 is 0 Å². The first-order valence-electron chi connectivity index (χ1n) is 20.1. The molecule has 0 heterocycles. The standard InChI is InChI=1S/C46H67NO5Si2/c1-37(31-35-52-54(45(5,6)7,40-26-15-11-16-27-40)41-28-17-12-18-29-41)42-30-20-33-46(42,47-43(49)50-36-38-22-13-10-14-23-38)32-19-24-39(48)25-21-34-51-53(8,9)44(2,3)4/h10-19,22-24,26-29,37,42H,20-21,25,30-36H2,1-9H3,(H,47,49)/b24-19+/t37-,42+,46+/m0/s1. The molecule has 1 N–H and O–H groups in total. The molecule has 54 heavy (non-hydrogen) atoms. The van der Waals surface area contributed by atoms with Crippen molar-refractivity contribution >= 4 is 38.9 Å². The Hall–Kier alpha value is -3.31. The van der Waals surface area contributed by atoms with Crippen molar-refractivity contribution in [2.24, 2.45) is 11.8 Å². The number of benzene rings is 3. The quantitative estimate of drug-likeness (QED) is 0.0792. The van der Waals surface area contributed by atoms with E-state index in [9.17, 15) is 9.59 Å². The summed E-state index contributed by atoms with van der Waals surface area (Å²) in [7, 11) is -4.52. The van der Waals surface area contributed by atoms with Crippen molar-refractivity contribution in [2.75, 3.05) is 13.2 Å². The highest BCUT2D eigenvalue weighted by Crippen LogP contribution is 2.45. The Balaban J connectivity index is 1.49. The molecule has 0 spiro atoms. The smallest absolute Gasteiger partial charge is 0.407 e. The van der Waals surface area contributed by atoms with E-state index in [4.69, 9.17) is 13.6 Å². The molecule has 0 radical (unpaired) electrons. The first-order valence-corrected chi connectivity index (χ1v) is 24.9. The van der Waals surface area contributed by atoms with Crippen LogP contribution in [0.15, 0.2) is 103 Å². The van der Waals surface area contributed by atoms with Crippen LogP contribution in [-0.4, -0.2) is 47.3 Å². The van der Waals surface area contributed by atoms with Gasteiger partial charge in [-0.05, 0) is 89.1 Å². The van der Waals surface area contributed by atoms with Gasteiger partial charge in [-0.3, -0.25) is 4.79 Å². The Labute approximate surface area is 328 Å². The second-order valence-electron chi connectivity index (χ2n) is 17.9. The molecule has 1 amide bonds. The van der Waals surface area contributed by atoms with Crippen LogP contribution in [0.25, 0.3) is 0 Å². The number of rotatable bonds is 18. The topological polar surface area (TPSA) is 73.9 Å². The molecule has 1 aliphatic rings. The Morgan fingerprint density at radius 2 is 1.41 bits per heavy atom. The molecule has 3 atom stereocenters. The first kappa shape index (κ1) is 43.4. The van der Waals surface area contributed by atoms with Crippen molar-refractivity contribution in [3.05, 3.63) is 109 Å². The molecule has 1 saturated carbocycles. The zero-order chi connectivity index (χ0) is 39.5. The van der Waals surface area contributed by atoms with Crippen LogP contribution < -0.4 is 15.7 Å². The third-order valence-electron chi connectivity index (χ3n) is 12.0. The van der Waals surface area contributed by atoms with E-state index in [-0.39, 0.29) is 34.3 Å². The molecule has 0 bridgehead atoms. The highest BCUT2D eigenvalue weighted by atomic mass is 28.4. The van der Waals surface area contributed by atoms with Gasteiger partial charge in [-0.15, -0.1) is 0 Å². The van der Waals surface area contributed by atoms with Crippen LogP contribution in [0, 0.1) is 11.8 Å². The van der Waals surface area contributed by atoms with Gasteiger partial charge < -0.3 is 18.9 Å². The highest BCUT2D eigenvalue weighted by Gasteiger charge is 2.51. The number of amides is 1. The number of ether oxygens (including phenoxy) is 1. The first-order chi connectivity index (χ1) is 25.5. The lowest BCUT2D eigenvalue weighted by atomic mass is 9.75. The number of ketones is 1. The second kappa shape index (κ2) is 19.0. The summed E-state index contributed by atoms with van der Waals surface area (Å²) in [5, 5.41) is 5.95. The van der Waals surface area contributed by atoms with Gasteiger partial charge in [0.2, 0.25) is 0 Å². The van der Waals surface area contributed by atoms with Crippen molar-refractivity contribution in [3.63, 3.8) is 0 Å². The zero-order valence-electron chi connectivity index (χ0n) is 34.6. The molecule has 0 aliphatic heterocycles. The monoisotopic (exact) mass is 769 g/mol. The maximum absolute atomic E-state index is 13.5. The summed E-state index contributed by atoms with van der Waals surface area (Å²) in [5.41, 5.74) is 0.425. The lowest BCUT2D eigenvalue weighted by Crippen LogP contribution is -2.66. The molecule has 0 unspecified atom stereocenters. The minimum atomic E-state index is -2.67. The molecule has 6 nitrogen and oxygen atoms in total. The minimum absolute atomic E-state index is 0.0944. The van der Waals surface area contributed by atoms with Crippen LogP contribution in [0.4, 0.5) is 4.79 Å². The lowest BCUT2D eigenvalue weighted by molar-refractivity contribution is -0.114. The van der Waals surface area contributed by atoms with Gasteiger partial charge in [0.15, 0.2) is 14.1 Å². The van der Waals surface area contributed by atoms with E-state index in [0.29, 0.717) is 32.5 Å². The molecular weight excluding hydrogens is 703 g/mol. The van der Waals surface area contributed by atoms with Crippen molar-refractivity contribution in [1.29, 1.82) is 0 Å². The van der Waals surface area contributed by atoms with Gasteiger partial charge in [-0.1, -0.05) is 152 Å². The van der Waals surface area contributed by atoms with Gasteiger partial charge in [0.05, 0.1) is 0 Å². The molecule has 3 aromatic carbocycles. The number of hydrogen-bond donors (Lipinski definition) is 1. The summed E-state index contributed by atoms with van der Waals surface area (Å²) in [6.07, 6.45) is 8.69. The molecule has 3 aromatic rings. The highest BCUT2D eigenvalue weighted by molar-refractivity contribution is 6.99. The number of alkyl carbamates (subject to hydrolysis) is 1. The molecule has 1 fully saturated rings. The minimum Gasteiger partial charge on any atom is -0.445 e. The number of carbonyl (C=O) groups excluding carboxylic acids is 2. The molecule has 8 heteroatoms. The largest absolute Gasteiger partial charge is 0.445 e. The average Bonchev–Trinajstić information content (AvgIpc) is 3.54. The van der Waals surface area contributed by atoms with Crippen molar-refractivity contribution < 1.29 is 23.2 Å². The fraction of sp³-hybridized carbons (Fsp3) is 0.522. The zero-order valence-corrected chi connectivity index (χ0v) is 36.6. The fourth-order valence-corrected chi connectivity index (χ4v) is 13.7. The number of allylic oxidation sites excluding steroid dienone is 1. The van der Waals surface area contributed by atoms with E-state index in [1.165, 1.54) is 10.4 Å². The normalized spacial score (nSPS) is 18.8. The summed E-state index contributed by atoms with van der Waals surface area (Å²) >= 11 is 0. The van der Waals surface area contributed by atoms with Gasteiger partial charge in [-0.2, -0.15) is 0 Å². The van der Waals surface area contributed by atoms with Crippen molar-refractivity contribution in [3.8, 4) is 0 Å². The third kappa shape index (κ3) is 11.1. The predicted molar refractivity (Wildman–Crippen MR) is 228 cm³/mol. The van der Waals surface area contributed by atoms with Gasteiger partial charge >= 0.3 is 6.09 Å². The fourth-order valence-electron chi connectivity index (χ4n) is 7.99.